The van der Waals surface area contributed by atoms with E-state index in [2.05, 4.69) is 44.5 Å². The van der Waals surface area contributed by atoms with Crippen molar-refractivity contribution in [1.82, 2.24) is 15.5 Å². The lowest BCUT2D eigenvalue weighted by Crippen LogP contribution is -2.39. The number of amides is 1. The summed E-state index contributed by atoms with van der Waals surface area (Å²) in [4.78, 5) is 17.6. The Morgan fingerprint density at radius 2 is 2.00 bits per heavy atom. The van der Waals surface area contributed by atoms with E-state index in [1.807, 2.05) is 12.1 Å². The predicted octanol–water partition coefficient (Wildman–Crippen LogP) is 2.42. The molecular formula is C18H29BrN4O2. The van der Waals surface area contributed by atoms with Crippen molar-refractivity contribution in [2.45, 2.75) is 26.2 Å². The number of nitrogens with one attached hydrogen (secondary N) is 2. The molecular weight excluding hydrogens is 384 g/mol. The first-order chi connectivity index (χ1) is 12.0. The summed E-state index contributed by atoms with van der Waals surface area (Å²) in [5.74, 6) is 1.56. The third-order valence-corrected chi connectivity index (χ3v) is 4.07. The van der Waals surface area contributed by atoms with Crippen molar-refractivity contribution in [3.8, 4) is 5.75 Å². The molecule has 0 saturated heterocycles. The highest BCUT2D eigenvalue weighted by Gasteiger charge is 2.06. The van der Waals surface area contributed by atoms with Crippen LogP contribution >= 0.6 is 15.9 Å². The van der Waals surface area contributed by atoms with Gasteiger partial charge in [0.05, 0.1) is 7.11 Å². The van der Waals surface area contributed by atoms with Crippen LogP contribution in [0.25, 0.3) is 0 Å². The Hall–Kier alpha value is -1.76. The minimum atomic E-state index is -0.0165. The summed E-state index contributed by atoms with van der Waals surface area (Å²) in [6.07, 6.45) is 2.84. The number of halogens is 1. The minimum absolute atomic E-state index is 0.0165. The summed E-state index contributed by atoms with van der Waals surface area (Å²) >= 11 is 3.45. The topological polar surface area (TPSA) is 66.0 Å². The molecule has 0 heterocycles. The molecule has 0 atom stereocenters. The monoisotopic (exact) mass is 412 g/mol. The smallest absolute Gasteiger partial charge is 0.243 e. The number of ether oxygens (including phenoxy) is 1. The fourth-order valence-electron chi connectivity index (χ4n) is 2.12. The highest BCUT2D eigenvalue weighted by atomic mass is 79.9. The molecule has 0 unspecified atom stereocenters. The van der Waals surface area contributed by atoms with Gasteiger partial charge in [-0.2, -0.15) is 0 Å². The maximum atomic E-state index is 11.7. The van der Waals surface area contributed by atoms with Gasteiger partial charge in [0.2, 0.25) is 5.91 Å². The van der Waals surface area contributed by atoms with E-state index in [0.717, 1.165) is 42.6 Å². The SMILES string of the molecule is CCCNC(=NCC(=O)N(C)C)NCCCc1ccc(Br)cc1OC. The molecule has 0 fully saturated rings. The Morgan fingerprint density at radius 3 is 2.64 bits per heavy atom. The van der Waals surface area contributed by atoms with E-state index in [1.54, 1.807) is 26.1 Å². The summed E-state index contributed by atoms with van der Waals surface area (Å²) in [7, 11) is 5.15. The second-order valence-electron chi connectivity index (χ2n) is 5.87. The molecule has 0 spiro atoms. The zero-order chi connectivity index (χ0) is 18.7. The van der Waals surface area contributed by atoms with E-state index in [1.165, 1.54) is 5.56 Å². The van der Waals surface area contributed by atoms with Crippen LogP contribution in [-0.4, -0.2) is 57.6 Å². The second kappa shape index (κ2) is 11.7. The third kappa shape index (κ3) is 8.25. The van der Waals surface area contributed by atoms with E-state index < -0.39 is 0 Å². The van der Waals surface area contributed by atoms with Gasteiger partial charge in [-0.05, 0) is 37.0 Å². The Balaban J connectivity index is 2.51. The van der Waals surface area contributed by atoms with Gasteiger partial charge < -0.3 is 20.3 Å². The summed E-state index contributed by atoms with van der Waals surface area (Å²) < 4.78 is 6.43. The molecule has 1 aromatic rings. The first kappa shape index (κ1) is 21.3. The van der Waals surface area contributed by atoms with Crippen LogP contribution in [0, 0.1) is 0 Å². The molecule has 0 radical (unpaired) electrons. The van der Waals surface area contributed by atoms with Gasteiger partial charge in [0.15, 0.2) is 5.96 Å². The van der Waals surface area contributed by atoms with Gasteiger partial charge in [0.25, 0.3) is 0 Å². The standard InChI is InChI=1S/C18H29BrN4O2/c1-5-10-20-18(22-13-17(24)23(2)3)21-11-6-7-14-8-9-15(19)12-16(14)25-4/h8-9,12H,5-7,10-11,13H2,1-4H3,(H2,20,21,22). The fraction of sp³-hybridized carbons (Fsp3) is 0.556. The maximum absolute atomic E-state index is 11.7. The molecule has 7 heteroatoms. The molecule has 0 saturated carbocycles. The fourth-order valence-corrected chi connectivity index (χ4v) is 2.46. The van der Waals surface area contributed by atoms with Crippen molar-refractivity contribution in [2.24, 2.45) is 4.99 Å². The molecule has 25 heavy (non-hydrogen) atoms. The Kier molecular flexibility index (Phi) is 9.99. The quantitative estimate of drug-likeness (QED) is 0.371. The predicted molar refractivity (Wildman–Crippen MR) is 106 cm³/mol. The zero-order valence-electron chi connectivity index (χ0n) is 15.6. The van der Waals surface area contributed by atoms with Crippen LogP contribution in [0.15, 0.2) is 27.7 Å². The van der Waals surface area contributed by atoms with E-state index in [-0.39, 0.29) is 12.5 Å². The van der Waals surface area contributed by atoms with Gasteiger partial charge in [-0.3, -0.25) is 4.79 Å². The Labute approximate surface area is 159 Å². The first-order valence-corrected chi connectivity index (χ1v) is 9.32. The molecule has 2 N–H and O–H groups in total. The second-order valence-corrected chi connectivity index (χ2v) is 6.78. The largest absolute Gasteiger partial charge is 0.496 e. The molecule has 0 aliphatic rings. The summed E-state index contributed by atoms with van der Waals surface area (Å²) in [5, 5.41) is 6.52. The van der Waals surface area contributed by atoms with E-state index in [4.69, 9.17) is 4.74 Å². The van der Waals surface area contributed by atoms with Crippen LogP contribution in [0.1, 0.15) is 25.3 Å². The number of hydrogen-bond acceptors (Lipinski definition) is 3. The third-order valence-electron chi connectivity index (χ3n) is 3.58. The molecule has 0 aliphatic carbocycles. The maximum Gasteiger partial charge on any atom is 0.243 e. The van der Waals surface area contributed by atoms with Gasteiger partial charge in [-0.1, -0.05) is 28.9 Å². The van der Waals surface area contributed by atoms with E-state index in [0.29, 0.717) is 5.96 Å². The first-order valence-electron chi connectivity index (χ1n) is 8.52. The molecule has 0 bridgehead atoms. The number of nitrogens with zero attached hydrogens (tertiary/aromatic N) is 2. The van der Waals surface area contributed by atoms with Crippen molar-refractivity contribution in [1.29, 1.82) is 0 Å². The van der Waals surface area contributed by atoms with Crippen LogP contribution in [0.5, 0.6) is 5.75 Å². The highest BCUT2D eigenvalue weighted by molar-refractivity contribution is 9.10. The van der Waals surface area contributed by atoms with Crippen molar-refractivity contribution < 1.29 is 9.53 Å². The number of aliphatic imine (C=N–C) groups is 1. The van der Waals surface area contributed by atoms with Gasteiger partial charge in [0.1, 0.15) is 12.3 Å². The number of aryl methyl sites for hydroxylation is 1. The van der Waals surface area contributed by atoms with Gasteiger partial charge in [0, 0.05) is 31.7 Å². The summed E-state index contributed by atoms with van der Waals surface area (Å²) in [6, 6.07) is 6.07. The number of carbonyl (C=O) groups excluding carboxylic acids is 1. The summed E-state index contributed by atoms with van der Waals surface area (Å²) in [6.45, 7) is 3.83. The number of guanidine groups is 1. The molecule has 6 nitrogen and oxygen atoms in total. The number of rotatable bonds is 9. The molecule has 1 amide bonds. The van der Waals surface area contributed by atoms with Crippen molar-refractivity contribution in [3.05, 3.63) is 28.2 Å². The van der Waals surface area contributed by atoms with Crippen molar-refractivity contribution >= 4 is 27.8 Å². The van der Waals surface area contributed by atoms with Crippen molar-refractivity contribution in [2.75, 3.05) is 40.8 Å². The zero-order valence-corrected chi connectivity index (χ0v) is 17.1. The lowest BCUT2D eigenvalue weighted by molar-refractivity contribution is -0.127. The molecule has 0 aromatic heterocycles. The summed E-state index contributed by atoms with van der Waals surface area (Å²) in [5.41, 5.74) is 1.18. The number of carbonyl (C=O) groups is 1. The highest BCUT2D eigenvalue weighted by Crippen LogP contribution is 2.24. The molecule has 140 valence electrons. The Morgan fingerprint density at radius 1 is 1.28 bits per heavy atom. The lowest BCUT2D eigenvalue weighted by atomic mass is 10.1. The van der Waals surface area contributed by atoms with Crippen LogP contribution in [0.2, 0.25) is 0 Å². The van der Waals surface area contributed by atoms with Crippen LogP contribution in [0.3, 0.4) is 0 Å². The minimum Gasteiger partial charge on any atom is -0.496 e. The average molecular weight is 413 g/mol. The molecule has 0 aliphatic heterocycles. The number of methoxy groups -OCH3 is 1. The number of likely N-dealkylation sites (N-methyl/N-ethyl adjacent to an activating group) is 1. The lowest BCUT2D eigenvalue weighted by Gasteiger charge is -2.14. The average Bonchev–Trinajstić information content (AvgIpc) is 2.60. The van der Waals surface area contributed by atoms with Crippen LogP contribution < -0.4 is 15.4 Å². The van der Waals surface area contributed by atoms with Crippen LogP contribution in [-0.2, 0) is 11.2 Å². The van der Waals surface area contributed by atoms with Crippen LogP contribution in [0.4, 0.5) is 0 Å². The molecule has 1 aromatic carbocycles. The Bertz CT molecular complexity index is 576. The van der Waals surface area contributed by atoms with E-state index >= 15 is 0 Å². The number of benzene rings is 1. The number of hydrogen-bond donors (Lipinski definition) is 2. The normalized spacial score (nSPS) is 11.2. The van der Waals surface area contributed by atoms with Gasteiger partial charge in [-0.25, -0.2) is 4.99 Å². The van der Waals surface area contributed by atoms with Gasteiger partial charge in [-0.15, -0.1) is 0 Å². The van der Waals surface area contributed by atoms with E-state index in [9.17, 15) is 4.79 Å². The van der Waals surface area contributed by atoms with Gasteiger partial charge >= 0.3 is 0 Å². The van der Waals surface area contributed by atoms with Crippen molar-refractivity contribution in [3.63, 3.8) is 0 Å². The molecule has 1 rings (SSSR count).